The number of hydrazine groups is 1. The van der Waals surface area contributed by atoms with Crippen LogP contribution < -0.4 is 21.1 Å². The molecule has 0 saturated carbocycles. The zero-order chi connectivity index (χ0) is 11.0. The van der Waals surface area contributed by atoms with E-state index in [-0.39, 0.29) is 11.7 Å². The first-order valence-corrected chi connectivity index (χ1v) is 5.45. The average Bonchev–Trinajstić information content (AvgIpc) is 2.88. The number of amides is 2. The van der Waals surface area contributed by atoms with Crippen molar-refractivity contribution in [3.05, 3.63) is 30.3 Å². The van der Waals surface area contributed by atoms with Crippen molar-refractivity contribution in [1.29, 1.82) is 0 Å². The van der Waals surface area contributed by atoms with Crippen molar-refractivity contribution < 1.29 is 4.79 Å². The lowest BCUT2D eigenvalue weighted by atomic mass is 10.1. The lowest BCUT2D eigenvalue weighted by Crippen LogP contribution is -2.52. The van der Waals surface area contributed by atoms with Gasteiger partial charge in [-0.1, -0.05) is 18.2 Å². The first-order valence-electron chi connectivity index (χ1n) is 5.45. The Morgan fingerprint density at radius 2 is 2.06 bits per heavy atom. The molecular weight excluding hydrogens is 204 g/mol. The van der Waals surface area contributed by atoms with Gasteiger partial charge in [-0.3, -0.25) is 0 Å². The molecule has 2 heterocycles. The zero-order valence-electron chi connectivity index (χ0n) is 8.86. The van der Waals surface area contributed by atoms with Crippen LogP contribution in [0.3, 0.4) is 0 Å². The van der Waals surface area contributed by atoms with Gasteiger partial charge in [0.1, 0.15) is 5.66 Å². The third-order valence-corrected chi connectivity index (χ3v) is 3.04. The Labute approximate surface area is 93.8 Å². The summed E-state index contributed by atoms with van der Waals surface area (Å²) in [4.78, 5) is 11.9. The normalized spacial score (nSPS) is 28.8. The van der Waals surface area contributed by atoms with Crippen molar-refractivity contribution in [2.24, 2.45) is 0 Å². The second-order valence-corrected chi connectivity index (χ2v) is 4.22. The number of para-hydroxylation sites is 1. The van der Waals surface area contributed by atoms with E-state index in [1.165, 1.54) is 0 Å². The summed E-state index contributed by atoms with van der Waals surface area (Å²) in [5.74, 6) is 0. The van der Waals surface area contributed by atoms with Crippen LogP contribution in [0.1, 0.15) is 6.42 Å². The van der Waals surface area contributed by atoms with Crippen LogP contribution in [0.15, 0.2) is 30.3 Å². The fourth-order valence-corrected chi connectivity index (χ4v) is 2.21. The molecule has 3 rings (SSSR count). The van der Waals surface area contributed by atoms with Gasteiger partial charge in [0.2, 0.25) is 0 Å². The molecule has 84 valence electrons. The number of carbonyl (C=O) groups excluding carboxylic acids is 1. The molecule has 0 unspecified atom stereocenters. The van der Waals surface area contributed by atoms with E-state index in [0.717, 1.165) is 25.2 Å². The van der Waals surface area contributed by atoms with Gasteiger partial charge in [0, 0.05) is 6.54 Å². The summed E-state index contributed by atoms with van der Waals surface area (Å²) >= 11 is 0. The van der Waals surface area contributed by atoms with Crippen LogP contribution in [0.4, 0.5) is 10.5 Å². The van der Waals surface area contributed by atoms with Crippen LogP contribution in [-0.2, 0) is 0 Å². The van der Waals surface area contributed by atoms with Crippen LogP contribution in [0.2, 0.25) is 0 Å². The molecular formula is C11H14N4O. The van der Waals surface area contributed by atoms with Gasteiger partial charge in [0.15, 0.2) is 0 Å². The number of nitrogens with zero attached hydrogens (tertiary/aromatic N) is 1. The molecule has 2 aliphatic rings. The highest BCUT2D eigenvalue weighted by Gasteiger charge is 2.44. The first kappa shape index (κ1) is 9.62. The molecule has 2 fully saturated rings. The number of benzene rings is 1. The third-order valence-electron chi connectivity index (χ3n) is 3.04. The number of carbonyl (C=O) groups is 1. The number of hydrogen-bond donors (Lipinski definition) is 3. The van der Waals surface area contributed by atoms with Crippen molar-refractivity contribution in [1.82, 2.24) is 16.1 Å². The summed E-state index contributed by atoms with van der Waals surface area (Å²) in [6.07, 6.45) is 0.905. The van der Waals surface area contributed by atoms with E-state index in [1.807, 2.05) is 30.3 Å². The molecule has 1 atom stereocenters. The minimum Gasteiger partial charge on any atom is -0.316 e. The van der Waals surface area contributed by atoms with Crippen molar-refractivity contribution in [3.63, 3.8) is 0 Å². The number of urea groups is 1. The highest BCUT2D eigenvalue weighted by atomic mass is 16.2. The minimum atomic E-state index is -0.299. The second kappa shape index (κ2) is 3.47. The van der Waals surface area contributed by atoms with Crippen LogP contribution in [-0.4, -0.2) is 24.8 Å². The summed E-state index contributed by atoms with van der Waals surface area (Å²) in [5, 5.41) is 7.81. The van der Waals surface area contributed by atoms with Gasteiger partial charge >= 0.3 is 6.03 Å². The topological polar surface area (TPSA) is 56.4 Å². The molecule has 0 bridgehead atoms. The maximum absolute atomic E-state index is 11.9. The van der Waals surface area contributed by atoms with E-state index in [4.69, 9.17) is 0 Å². The smallest absolute Gasteiger partial charge is 0.316 e. The van der Waals surface area contributed by atoms with Gasteiger partial charge in [-0.25, -0.2) is 9.80 Å². The molecule has 0 radical (unpaired) electrons. The van der Waals surface area contributed by atoms with E-state index in [9.17, 15) is 4.79 Å². The molecule has 3 N–H and O–H groups in total. The number of rotatable bonds is 1. The zero-order valence-corrected chi connectivity index (χ0v) is 8.86. The maximum atomic E-state index is 11.9. The number of anilines is 1. The Hall–Kier alpha value is -1.59. The standard InChI is InChI=1S/C11H14N4O/c16-10-13-11(6-7-12-8-11)14-15(10)9-4-2-1-3-5-9/h1-5,12,14H,6-8H2,(H,13,16)/t11-/m1/s1. The molecule has 1 aromatic carbocycles. The van der Waals surface area contributed by atoms with Gasteiger partial charge in [0.05, 0.1) is 5.69 Å². The minimum absolute atomic E-state index is 0.0881. The number of hydrogen-bond acceptors (Lipinski definition) is 3. The predicted molar refractivity (Wildman–Crippen MR) is 60.8 cm³/mol. The molecule has 2 amide bonds. The molecule has 2 aliphatic heterocycles. The van der Waals surface area contributed by atoms with E-state index >= 15 is 0 Å². The van der Waals surface area contributed by atoms with E-state index < -0.39 is 0 Å². The van der Waals surface area contributed by atoms with Gasteiger partial charge in [0.25, 0.3) is 0 Å². The molecule has 2 saturated heterocycles. The Balaban J connectivity index is 1.86. The lowest BCUT2D eigenvalue weighted by molar-refractivity contribution is 0.247. The second-order valence-electron chi connectivity index (χ2n) is 4.22. The SMILES string of the molecule is O=C1N[C@]2(CCNC2)NN1c1ccccc1. The predicted octanol–water partition coefficient (Wildman–Crippen LogP) is 0.410. The molecule has 0 aliphatic carbocycles. The Morgan fingerprint density at radius 3 is 2.75 bits per heavy atom. The third kappa shape index (κ3) is 1.45. The first-order chi connectivity index (χ1) is 7.79. The largest absolute Gasteiger partial charge is 0.338 e. The molecule has 16 heavy (non-hydrogen) atoms. The van der Waals surface area contributed by atoms with Crippen LogP contribution in [0.5, 0.6) is 0 Å². The van der Waals surface area contributed by atoms with Crippen molar-refractivity contribution in [2.75, 3.05) is 18.1 Å². The van der Waals surface area contributed by atoms with Crippen LogP contribution in [0.25, 0.3) is 0 Å². The lowest BCUT2D eigenvalue weighted by Gasteiger charge is -2.23. The maximum Gasteiger partial charge on any atom is 0.338 e. The Morgan fingerprint density at radius 1 is 1.25 bits per heavy atom. The van der Waals surface area contributed by atoms with Gasteiger partial charge in [-0.05, 0) is 25.1 Å². The average molecular weight is 218 g/mol. The quantitative estimate of drug-likeness (QED) is 0.640. The summed E-state index contributed by atoms with van der Waals surface area (Å²) in [7, 11) is 0. The van der Waals surface area contributed by atoms with E-state index in [1.54, 1.807) is 5.01 Å². The Kier molecular flexibility index (Phi) is 2.08. The molecule has 0 aromatic heterocycles. The van der Waals surface area contributed by atoms with E-state index in [2.05, 4.69) is 16.1 Å². The van der Waals surface area contributed by atoms with Crippen LogP contribution in [0, 0.1) is 0 Å². The molecule has 1 aromatic rings. The summed E-state index contributed by atoms with van der Waals surface area (Å²) in [6.45, 7) is 1.69. The highest BCUT2D eigenvalue weighted by Crippen LogP contribution is 2.22. The van der Waals surface area contributed by atoms with Crippen molar-refractivity contribution in [2.45, 2.75) is 12.1 Å². The monoisotopic (exact) mass is 218 g/mol. The fraction of sp³-hybridized carbons (Fsp3) is 0.364. The van der Waals surface area contributed by atoms with Crippen molar-refractivity contribution in [3.8, 4) is 0 Å². The van der Waals surface area contributed by atoms with Gasteiger partial charge < -0.3 is 10.6 Å². The van der Waals surface area contributed by atoms with Crippen molar-refractivity contribution >= 4 is 11.7 Å². The summed E-state index contributed by atoms with van der Waals surface area (Å²) in [5.41, 5.74) is 3.81. The Bertz CT molecular complexity index is 400. The summed E-state index contributed by atoms with van der Waals surface area (Å²) < 4.78 is 0. The molecule has 5 nitrogen and oxygen atoms in total. The van der Waals surface area contributed by atoms with Crippen LogP contribution >= 0.6 is 0 Å². The summed E-state index contributed by atoms with van der Waals surface area (Å²) in [6, 6.07) is 9.51. The molecule has 1 spiro atoms. The highest BCUT2D eigenvalue weighted by molar-refractivity contribution is 5.93. The fourth-order valence-electron chi connectivity index (χ4n) is 2.21. The number of nitrogens with one attached hydrogen (secondary N) is 3. The van der Waals surface area contributed by atoms with Gasteiger partial charge in [-0.2, -0.15) is 5.43 Å². The van der Waals surface area contributed by atoms with E-state index in [0.29, 0.717) is 0 Å². The molecule has 5 heteroatoms. The van der Waals surface area contributed by atoms with Gasteiger partial charge in [-0.15, -0.1) is 0 Å².